The molecule has 1 fully saturated rings. The standard InChI is InChI=1S/C21H25FN2O2/c1-23(2)19(16-7-6-10-18(22)15-16)20(25)24-13-11-21(26,12-14-24)17-8-4-3-5-9-17/h3-10,15,19,26H,11-14H2,1-2H3/t19-/m1/s1. The number of carbonyl (C=O) groups is 1. The summed E-state index contributed by atoms with van der Waals surface area (Å²) in [5.41, 5.74) is 0.634. The molecule has 26 heavy (non-hydrogen) atoms. The molecule has 0 spiro atoms. The second-order valence-corrected chi connectivity index (χ2v) is 7.14. The third-order valence-electron chi connectivity index (χ3n) is 5.13. The molecule has 4 nitrogen and oxygen atoms in total. The monoisotopic (exact) mass is 356 g/mol. The van der Waals surface area contributed by atoms with Gasteiger partial charge in [0.1, 0.15) is 11.9 Å². The minimum atomic E-state index is -0.898. The Morgan fingerprint density at radius 2 is 1.77 bits per heavy atom. The van der Waals surface area contributed by atoms with Gasteiger partial charge in [-0.15, -0.1) is 0 Å². The Morgan fingerprint density at radius 1 is 1.12 bits per heavy atom. The average molecular weight is 356 g/mol. The largest absolute Gasteiger partial charge is 0.385 e. The molecule has 0 saturated carbocycles. The van der Waals surface area contributed by atoms with Crippen LogP contribution in [0.2, 0.25) is 0 Å². The molecule has 1 aliphatic heterocycles. The Hall–Kier alpha value is -2.24. The molecule has 0 bridgehead atoms. The molecule has 1 amide bonds. The number of piperidine rings is 1. The van der Waals surface area contributed by atoms with Crippen molar-refractivity contribution in [1.29, 1.82) is 0 Å². The molecule has 1 saturated heterocycles. The van der Waals surface area contributed by atoms with Crippen molar-refractivity contribution in [3.8, 4) is 0 Å². The van der Waals surface area contributed by atoms with Gasteiger partial charge in [0.25, 0.3) is 0 Å². The van der Waals surface area contributed by atoms with Gasteiger partial charge in [0.05, 0.1) is 5.60 Å². The molecule has 0 radical (unpaired) electrons. The second-order valence-electron chi connectivity index (χ2n) is 7.14. The summed E-state index contributed by atoms with van der Waals surface area (Å²) < 4.78 is 13.6. The Kier molecular flexibility index (Phi) is 5.39. The summed E-state index contributed by atoms with van der Waals surface area (Å²) in [7, 11) is 3.63. The molecule has 0 aromatic heterocycles. The number of hydrogen-bond acceptors (Lipinski definition) is 3. The summed E-state index contributed by atoms with van der Waals surface area (Å²) in [5.74, 6) is -0.407. The normalized spacial score (nSPS) is 18.0. The number of halogens is 1. The lowest BCUT2D eigenvalue weighted by atomic mass is 9.84. The molecule has 2 aromatic carbocycles. The molecule has 1 aliphatic rings. The highest BCUT2D eigenvalue weighted by molar-refractivity contribution is 5.83. The molecule has 1 heterocycles. The highest BCUT2D eigenvalue weighted by Gasteiger charge is 2.37. The summed E-state index contributed by atoms with van der Waals surface area (Å²) in [4.78, 5) is 16.7. The maximum absolute atomic E-state index is 13.6. The van der Waals surface area contributed by atoms with Gasteiger partial charge in [-0.05, 0) is 50.2 Å². The Balaban J connectivity index is 1.74. The van der Waals surface area contributed by atoms with Crippen LogP contribution in [0, 0.1) is 5.82 Å². The van der Waals surface area contributed by atoms with Crippen molar-refractivity contribution < 1.29 is 14.3 Å². The van der Waals surface area contributed by atoms with Crippen molar-refractivity contribution in [1.82, 2.24) is 9.80 Å². The maximum Gasteiger partial charge on any atom is 0.244 e. The number of likely N-dealkylation sites (tertiary alicyclic amines) is 1. The summed E-state index contributed by atoms with van der Waals surface area (Å²) in [6, 6.07) is 15.2. The van der Waals surface area contributed by atoms with Crippen molar-refractivity contribution in [3.05, 3.63) is 71.5 Å². The van der Waals surface area contributed by atoms with Gasteiger partial charge in [-0.3, -0.25) is 9.69 Å². The summed E-state index contributed by atoms with van der Waals surface area (Å²) >= 11 is 0. The van der Waals surface area contributed by atoms with Crippen molar-refractivity contribution in [3.63, 3.8) is 0 Å². The predicted octanol–water partition coefficient (Wildman–Crippen LogP) is 2.94. The van der Waals surface area contributed by atoms with Gasteiger partial charge in [0, 0.05) is 13.1 Å². The van der Waals surface area contributed by atoms with Crippen LogP contribution in [0.1, 0.15) is 30.0 Å². The fraction of sp³-hybridized carbons (Fsp3) is 0.381. The van der Waals surface area contributed by atoms with E-state index in [-0.39, 0.29) is 11.7 Å². The number of carbonyl (C=O) groups excluding carboxylic acids is 1. The number of rotatable bonds is 4. The van der Waals surface area contributed by atoms with E-state index in [0.29, 0.717) is 31.5 Å². The molecule has 1 N–H and O–H groups in total. The number of hydrogen-bond donors (Lipinski definition) is 1. The Bertz CT molecular complexity index is 756. The molecule has 0 unspecified atom stereocenters. The first-order valence-corrected chi connectivity index (χ1v) is 8.89. The van der Waals surface area contributed by atoms with Crippen LogP contribution in [-0.4, -0.2) is 48.0 Å². The van der Waals surface area contributed by atoms with Crippen LogP contribution in [0.25, 0.3) is 0 Å². The average Bonchev–Trinajstić information content (AvgIpc) is 2.63. The van der Waals surface area contributed by atoms with Crippen LogP contribution in [0.4, 0.5) is 4.39 Å². The van der Waals surface area contributed by atoms with Gasteiger partial charge in [-0.1, -0.05) is 42.5 Å². The number of amides is 1. The molecule has 5 heteroatoms. The first kappa shape index (κ1) is 18.5. The smallest absolute Gasteiger partial charge is 0.244 e. The van der Waals surface area contributed by atoms with E-state index in [0.717, 1.165) is 5.56 Å². The fourth-order valence-corrected chi connectivity index (χ4v) is 3.65. The first-order chi connectivity index (χ1) is 12.4. The van der Waals surface area contributed by atoms with Gasteiger partial charge < -0.3 is 10.0 Å². The van der Waals surface area contributed by atoms with Crippen molar-refractivity contribution in [2.24, 2.45) is 0 Å². The minimum absolute atomic E-state index is 0.0595. The SMILES string of the molecule is CN(C)[C@@H](C(=O)N1CCC(O)(c2ccccc2)CC1)c1cccc(F)c1. The van der Waals surface area contributed by atoms with Gasteiger partial charge in [-0.2, -0.15) is 0 Å². The lowest BCUT2D eigenvalue weighted by molar-refractivity contribution is -0.141. The van der Waals surface area contributed by atoms with Crippen molar-refractivity contribution in [2.75, 3.05) is 27.2 Å². The Labute approximate surface area is 153 Å². The van der Waals surface area contributed by atoms with Crippen molar-refractivity contribution >= 4 is 5.91 Å². The van der Waals surface area contributed by atoms with Gasteiger partial charge >= 0.3 is 0 Å². The predicted molar refractivity (Wildman–Crippen MR) is 99.0 cm³/mol. The van der Waals surface area contributed by atoms with Crippen LogP contribution in [0.5, 0.6) is 0 Å². The van der Waals surface area contributed by atoms with E-state index in [1.165, 1.54) is 12.1 Å². The van der Waals surface area contributed by atoms with Crippen LogP contribution >= 0.6 is 0 Å². The molecule has 3 rings (SSSR count). The zero-order valence-corrected chi connectivity index (χ0v) is 15.2. The highest BCUT2D eigenvalue weighted by Crippen LogP contribution is 2.34. The molecular weight excluding hydrogens is 331 g/mol. The molecule has 1 atom stereocenters. The molecule has 138 valence electrons. The van der Waals surface area contributed by atoms with E-state index in [9.17, 15) is 14.3 Å². The lowest BCUT2D eigenvalue weighted by Crippen LogP contribution is -2.48. The number of aliphatic hydroxyl groups is 1. The topological polar surface area (TPSA) is 43.8 Å². The van der Waals surface area contributed by atoms with E-state index in [4.69, 9.17) is 0 Å². The van der Waals surface area contributed by atoms with E-state index in [2.05, 4.69) is 0 Å². The number of nitrogens with zero attached hydrogens (tertiary/aromatic N) is 2. The Morgan fingerprint density at radius 3 is 2.35 bits per heavy atom. The van der Waals surface area contributed by atoms with Crippen LogP contribution in [0.3, 0.4) is 0 Å². The number of likely N-dealkylation sites (N-methyl/N-ethyl adjacent to an activating group) is 1. The van der Waals surface area contributed by atoms with E-state index < -0.39 is 11.6 Å². The maximum atomic E-state index is 13.6. The molecule has 2 aromatic rings. The molecular formula is C21H25FN2O2. The van der Waals surface area contributed by atoms with Crippen molar-refractivity contribution in [2.45, 2.75) is 24.5 Å². The lowest BCUT2D eigenvalue weighted by Gasteiger charge is -2.40. The van der Waals surface area contributed by atoms with Gasteiger partial charge in [0.2, 0.25) is 5.91 Å². The fourth-order valence-electron chi connectivity index (χ4n) is 3.65. The summed E-state index contributed by atoms with van der Waals surface area (Å²) in [5, 5.41) is 10.9. The highest BCUT2D eigenvalue weighted by atomic mass is 19.1. The zero-order valence-electron chi connectivity index (χ0n) is 15.2. The summed E-state index contributed by atoms with van der Waals surface area (Å²) in [6.45, 7) is 0.952. The first-order valence-electron chi connectivity index (χ1n) is 8.89. The third kappa shape index (κ3) is 3.79. The van der Waals surface area contributed by atoms with E-state index in [1.807, 2.05) is 44.4 Å². The van der Waals surface area contributed by atoms with Gasteiger partial charge in [-0.25, -0.2) is 4.39 Å². The quantitative estimate of drug-likeness (QED) is 0.916. The summed E-state index contributed by atoms with van der Waals surface area (Å²) in [6.07, 6.45) is 0.984. The minimum Gasteiger partial charge on any atom is -0.385 e. The second kappa shape index (κ2) is 7.56. The molecule has 0 aliphatic carbocycles. The van der Waals surface area contributed by atoms with Gasteiger partial charge in [0.15, 0.2) is 0 Å². The number of benzene rings is 2. The van der Waals surface area contributed by atoms with E-state index >= 15 is 0 Å². The van der Waals surface area contributed by atoms with Crippen LogP contribution < -0.4 is 0 Å². The van der Waals surface area contributed by atoms with E-state index in [1.54, 1.807) is 21.9 Å². The zero-order chi connectivity index (χ0) is 18.7. The van der Waals surface area contributed by atoms with Crippen LogP contribution in [0.15, 0.2) is 54.6 Å². The van der Waals surface area contributed by atoms with Crippen LogP contribution in [-0.2, 0) is 10.4 Å². The third-order valence-corrected chi connectivity index (χ3v) is 5.13.